The molecule has 6 heteroatoms. The van der Waals surface area contributed by atoms with Crippen molar-refractivity contribution in [1.82, 2.24) is 9.36 Å². The van der Waals surface area contributed by atoms with Gasteiger partial charge in [0.25, 0.3) is 0 Å². The zero-order valence-corrected chi connectivity index (χ0v) is 16.0. The number of anilines is 1. The highest BCUT2D eigenvalue weighted by Gasteiger charge is 2.34. The highest BCUT2D eigenvalue weighted by atomic mass is 32.1. The van der Waals surface area contributed by atoms with E-state index in [1.54, 1.807) is 0 Å². The number of carbonyl (C=O) groups is 1. The first-order chi connectivity index (χ1) is 11.9. The number of nitrogens with zero attached hydrogens (tertiary/aromatic N) is 3. The normalized spacial score (nSPS) is 21.2. The molecule has 0 radical (unpaired) electrons. The minimum absolute atomic E-state index is 0.0783. The fourth-order valence-corrected chi connectivity index (χ4v) is 4.08. The molecule has 0 saturated carbocycles. The van der Waals surface area contributed by atoms with Gasteiger partial charge in [-0.1, -0.05) is 51.1 Å². The van der Waals surface area contributed by atoms with Gasteiger partial charge in [0.05, 0.1) is 13.0 Å². The third-order valence-corrected chi connectivity index (χ3v) is 5.39. The van der Waals surface area contributed by atoms with Crippen LogP contribution in [-0.2, 0) is 14.9 Å². The Hall–Kier alpha value is -1.95. The topological polar surface area (TPSA) is 55.3 Å². The molecule has 0 N–H and O–H groups in total. The number of piperidine rings is 1. The summed E-state index contributed by atoms with van der Waals surface area (Å²) in [5.74, 6) is 0.835. The van der Waals surface area contributed by atoms with Crippen LogP contribution in [0, 0.1) is 5.92 Å². The minimum atomic E-state index is -0.147. The lowest BCUT2D eigenvalue weighted by atomic mass is 9.84. The van der Waals surface area contributed by atoms with Gasteiger partial charge in [-0.05, 0) is 12.0 Å². The summed E-state index contributed by atoms with van der Waals surface area (Å²) in [7, 11) is 1.46. The molecule has 5 nitrogen and oxygen atoms in total. The highest BCUT2D eigenvalue weighted by molar-refractivity contribution is 7.09. The average molecular weight is 359 g/mol. The fourth-order valence-electron chi connectivity index (χ4n) is 3.21. The van der Waals surface area contributed by atoms with Crippen LogP contribution in [0.15, 0.2) is 30.3 Å². The predicted molar refractivity (Wildman–Crippen MR) is 100 cm³/mol. The summed E-state index contributed by atoms with van der Waals surface area (Å²) in [5, 5.41) is 0.888. The van der Waals surface area contributed by atoms with E-state index in [1.165, 1.54) is 24.2 Å². The molecule has 2 atom stereocenters. The van der Waals surface area contributed by atoms with Crippen LogP contribution >= 0.6 is 11.5 Å². The van der Waals surface area contributed by atoms with Crippen molar-refractivity contribution in [3.05, 3.63) is 41.7 Å². The number of carbonyl (C=O) groups excluding carboxylic acids is 1. The second-order valence-corrected chi connectivity index (χ2v) is 8.35. The Morgan fingerprint density at radius 3 is 2.56 bits per heavy atom. The van der Waals surface area contributed by atoms with E-state index in [9.17, 15) is 4.79 Å². The van der Waals surface area contributed by atoms with Crippen molar-refractivity contribution >= 4 is 22.6 Å². The molecule has 1 aliphatic rings. The molecule has 2 aromatic rings. The fraction of sp³-hybridized carbons (Fsp3) is 0.526. The molecule has 0 amide bonds. The molecule has 3 rings (SSSR count). The van der Waals surface area contributed by atoms with Crippen molar-refractivity contribution in [2.75, 3.05) is 25.1 Å². The Labute approximate surface area is 153 Å². The number of esters is 1. The molecule has 1 aromatic heterocycles. The maximum Gasteiger partial charge on any atom is 0.310 e. The Kier molecular flexibility index (Phi) is 5.08. The van der Waals surface area contributed by atoms with Gasteiger partial charge in [0.15, 0.2) is 0 Å². The van der Waals surface area contributed by atoms with E-state index in [4.69, 9.17) is 9.72 Å². The summed E-state index contributed by atoms with van der Waals surface area (Å²) in [6.07, 6.45) is 0.804. The van der Waals surface area contributed by atoms with Crippen molar-refractivity contribution in [3.8, 4) is 0 Å². The smallest absolute Gasteiger partial charge is 0.310 e. The van der Waals surface area contributed by atoms with Gasteiger partial charge in [0.1, 0.15) is 5.82 Å². The number of hydrogen-bond donors (Lipinski definition) is 0. The lowest BCUT2D eigenvalue weighted by Crippen LogP contribution is -2.43. The lowest BCUT2D eigenvalue weighted by molar-refractivity contribution is -0.145. The predicted octanol–water partition coefficient (Wildman–Crippen LogP) is 3.62. The van der Waals surface area contributed by atoms with E-state index in [0.29, 0.717) is 6.54 Å². The molecule has 25 heavy (non-hydrogen) atoms. The molecule has 2 heterocycles. The number of methoxy groups -OCH3 is 1. The second-order valence-electron chi connectivity index (χ2n) is 7.62. The van der Waals surface area contributed by atoms with Gasteiger partial charge >= 0.3 is 5.97 Å². The quantitative estimate of drug-likeness (QED) is 0.784. The van der Waals surface area contributed by atoms with E-state index < -0.39 is 0 Å². The number of aromatic nitrogens is 2. The van der Waals surface area contributed by atoms with Gasteiger partial charge < -0.3 is 9.64 Å². The van der Waals surface area contributed by atoms with Crippen molar-refractivity contribution in [3.63, 3.8) is 0 Å². The Bertz CT molecular complexity index is 724. The van der Waals surface area contributed by atoms with Crippen LogP contribution in [-0.4, -0.2) is 35.5 Å². The molecule has 134 valence electrons. The monoisotopic (exact) mass is 359 g/mol. The standard InChI is InChI=1S/C19H25N3O2S/c1-19(2,3)17-20-18(25-21-17)22-11-14(13-8-6-5-7-9-13)10-15(12-22)16(23)24-4/h5-9,14-15H,10-12H2,1-4H3. The van der Waals surface area contributed by atoms with Gasteiger partial charge in [-0.15, -0.1) is 0 Å². The first kappa shape index (κ1) is 17.9. The summed E-state index contributed by atoms with van der Waals surface area (Å²) in [6.45, 7) is 7.81. The SMILES string of the molecule is COC(=O)C1CC(c2ccccc2)CN(c2nc(C(C)(C)C)ns2)C1. The zero-order valence-electron chi connectivity index (χ0n) is 15.2. The molecule has 1 aliphatic heterocycles. The van der Waals surface area contributed by atoms with Crippen LogP contribution in [0.1, 0.15) is 44.5 Å². The average Bonchev–Trinajstić information content (AvgIpc) is 3.12. The van der Waals surface area contributed by atoms with Crippen LogP contribution in [0.2, 0.25) is 0 Å². The minimum Gasteiger partial charge on any atom is -0.469 e. The molecule has 1 aromatic carbocycles. The van der Waals surface area contributed by atoms with E-state index in [1.807, 2.05) is 18.2 Å². The van der Waals surface area contributed by atoms with Gasteiger partial charge in [-0.2, -0.15) is 4.37 Å². The first-order valence-electron chi connectivity index (χ1n) is 8.60. The third-order valence-electron chi connectivity index (χ3n) is 4.61. The summed E-state index contributed by atoms with van der Waals surface area (Å²) in [5.41, 5.74) is 1.17. The highest BCUT2D eigenvalue weighted by Crippen LogP contribution is 2.35. The van der Waals surface area contributed by atoms with Crippen molar-refractivity contribution in [1.29, 1.82) is 0 Å². The molecule has 0 spiro atoms. The first-order valence-corrected chi connectivity index (χ1v) is 9.37. The summed E-state index contributed by atoms with van der Waals surface area (Å²) >= 11 is 1.41. The van der Waals surface area contributed by atoms with Crippen LogP contribution in [0.4, 0.5) is 5.13 Å². The Balaban J connectivity index is 1.87. The van der Waals surface area contributed by atoms with Crippen molar-refractivity contribution in [2.24, 2.45) is 5.92 Å². The van der Waals surface area contributed by atoms with E-state index >= 15 is 0 Å². The Morgan fingerprint density at radius 2 is 1.96 bits per heavy atom. The molecule has 0 bridgehead atoms. The largest absolute Gasteiger partial charge is 0.469 e. The molecule has 1 saturated heterocycles. The van der Waals surface area contributed by atoms with E-state index in [0.717, 1.165) is 23.9 Å². The second kappa shape index (κ2) is 7.12. The van der Waals surface area contributed by atoms with Gasteiger partial charge in [-0.25, -0.2) is 4.98 Å². The number of ether oxygens (including phenoxy) is 1. The van der Waals surface area contributed by atoms with E-state index in [-0.39, 0.29) is 23.2 Å². The number of hydrogen-bond acceptors (Lipinski definition) is 6. The summed E-state index contributed by atoms with van der Waals surface area (Å²) in [4.78, 5) is 19.1. The van der Waals surface area contributed by atoms with Crippen LogP contribution < -0.4 is 4.90 Å². The van der Waals surface area contributed by atoms with Crippen LogP contribution in [0.3, 0.4) is 0 Å². The van der Waals surface area contributed by atoms with E-state index in [2.05, 4.69) is 42.2 Å². The summed E-state index contributed by atoms with van der Waals surface area (Å²) in [6, 6.07) is 10.4. The van der Waals surface area contributed by atoms with Gasteiger partial charge in [0.2, 0.25) is 5.13 Å². The number of rotatable bonds is 3. The van der Waals surface area contributed by atoms with Crippen molar-refractivity contribution in [2.45, 2.75) is 38.5 Å². The molecule has 1 fully saturated rings. The molecular weight excluding hydrogens is 334 g/mol. The van der Waals surface area contributed by atoms with Crippen molar-refractivity contribution < 1.29 is 9.53 Å². The molecule has 2 unspecified atom stereocenters. The van der Waals surface area contributed by atoms with Crippen LogP contribution in [0.5, 0.6) is 0 Å². The van der Waals surface area contributed by atoms with Gasteiger partial charge in [-0.3, -0.25) is 4.79 Å². The number of benzene rings is 1. The van der Waals surface area contributed by atoms with Gasteiger partial charge in [0, 0.05) is 36.0 Å². The third kappa shape index (κ3) is 4.00. The lowest BCUT2D eigenvalue weighted by Gasteiger charge is -2.36. The summed E-state index contributed by atoms with van der Waals surface area (Å²) < 4.78 is 9.54. The maximum atomic E-state index is 12.2. The Morgan fingerprint density at radius 1 is 1.24 bits per heavy atom. The zero-order chi connectivity index (χ0) is 18.0. The molecule has 0 aliphatic carbocycles. The molecular formula is C19H25N3O2S. The van der Waals surface area contributed by atoms with Crippen LogP contribution in [0.25, 0.3) is 0 Å². The maximum absolute atomic E-state index is 12.2.